The Balaban J connectivity index is 2.07. The van der Waals surface area contributed by atoms with Gasteiger partial charge in [-0.1, -0.05) is 0 Å². The third-order valence-electron chi connectivity index (χ3n) is 2.71. The first-order valence-corrected chi connectivity index (χ1v) is 4.32. The van der Waals surface area contributed by atoms with Crippen molar-refractivity contribution in [1.82, 2.24) is 5.32 Å². The van der Waals surface area contributed by atoms with Crippen LogP contribution in [-0.4, -0.2) is 31.5 Å². The number of nitrogens with one attached hydrogen (secondary N) is 1. The van der Waals surface area contributed by atoms with E-state index in [1.807, 2.05) is 0 Å². The van der Waals surface area contributed by atoms with E-state index in [4.69, 9.17) is 4.74 Å². The van der Waals surface area contributed by atoms with Gasteiger partial charge in [-0.05, 0) is 25.8 Å². The van der Waals surface area contributed by atoms with Crippen LogP contribution in [0.3, 0.4) is 0 Å². The highest BCUT2D eigenvalue weighted by molar-refractivity contribution is 4.97. The highest BCUT2D eigenvalue weighted by Gasteiger charge is 2.44. The van der Waals surface area contributed by atoms with Crippen molar-refractivity contribution in [2.75, 3.05) is 19.7 Å². The molecule has 0 radical (unpaired) electrons. The zero-order valence-electron chi connectivity index (χ0n) is 6.61. The van der Waals surface area contributed by atoms with Gasteiger partial charge in [0, 0.05) is 13.2 Å². The molecule has 0 aromatic heterocycles. The average molecular weight is 159 g/mol. The molecule has 2 atom stereocenters. The standard InChI is InChI=1S/C8H14FNO/c9-7-2-1-5-11-8(7)3-4-10-6-8/h7,10H,1-6H2. The third kappa shape index (κ3) is 1.16. The quantitative estimate of drug-likeness (QED) is 0.566. The Bertz CT molecular complexity index is 145. The Labute approximate surface area is 66.1 Å². The molecule has 2 aliphatic rings. The van der Waals surface area contributed by atoms with Gasteiger partial charge in [-0.3, -0.25) is 0 Å². The SMILES string of the molecule is FC1CCCOC12CCNC2. The molecular formula is C8H14FNO. The van der Waals surface area contributed by atoms with E-state index in [2.05, 4.69) is 5.32 Å². The zero-order valence-corrected chi connectivity index (χ0v) is 6.61. The number of hydrogen-bond donors (Lipinski definition) is 1. The van der Waals surface area contributed by atoms with Gasteiger partial charge in [0.1, 0.15) is 11.8 Å². The second kappa shape index (κ2) is 2.72. The van der Waals surface area contributed by atoms with Crippen LogP contribution in [0.4, 0.5) is 4.39 Å². The molecule has 2 saturated heterocycles. The molecule has 0 aromatic carbocycles. The molecule has 2 heterocycles. The summed E-state index contributed by atoms with van der Waals surface area (Å²) in [5.74, 6) is 0. The molecule has 1 N–H and O–H groups in total. The molecule has 0 aromatic rings. The van der Waals surface area contributed by atoms with Crippen molar-refractivity contribution < 1.29 is 9.13 Å². The summed E-state index contributed by atoms with van der Waals surface area (Å²) in [4.78, 5) is 0. The van der Waals surface area contributed by atoms with Gasteiger partial charge in [0.15, 0.2) is 0 Å². The maximum atomic E-state index is 13.4. The fourth-order valence-corrected chi connectivity index (χ4v) is 1.97. The topological polar surface area (TPSA) is 21.3 Å². The lowest BCUT2D eigenvalue weighted by Gasteiger charge is -2.35. The van der Waals surface area contributed by atoms with E-state index < -0.39 is 11.8 Å². The molecule has 0 bridgehead atoms. The summed E-state index contributed by atoms with van der Waals surface area (Å²) in [6.07, 6.45) is 1.66. The maximum absolute atomic E-state index is 13.4. The van der Waals surface area contributed by atoms with Crippen molar-refractivity contribution in [3.8, 4) is 0 Å². The van der Waals surface area contributed by atoms with Gasteiger partial charge in [0.2, 0.25) is 0 Å². The van der Waals surface area contributed by atoms with Crippen molar-refractivity contribution in [3.05, 3.63) is 0 Å². The summed E-state index contributed by atoms with van der Waals surface area (Å²) in [5, 5.41) is 3.15. The van der Waals surface area contributed by atoms with Crippen molar-refractivity contribution in [1.29, 1.82) is 0 Å². The number of halogens is 1. The lowest BCUT2D eigenvalue weighted by atomic mass is 9.91. The van der Waals surface area contributed by atoms with Gasteiger partial charge in [-0.2, -0.15) is 0 Å². The molecule has 0 saturated carbocycles. The highest BCUT2D eigenvalue weighted by Crippen LogP contribution is 2.32. The Hall–Kier alpha value is -0.150. The Kier molecular flexibility index (Phi) is 1.85. The summed E-state index contributed by atoms with van der Waals surface area (Å²) in [5.41, 5.74) is -0.446. The second-order valence-electron chi connectivity index (χ2n) is 3.45. The maximum Gasteiger partial charge on any atom is 0.130 e. The van der Waals surface area contributed by atoms with Gasteiger partial charge in [-0.15, -0.1) is 0 Å². The van der Waals surface area contributed by atoms with Gasteiger partial charge in [0.05, 0.1) is 0 Å². The van der Waals surface area contributed by atoms with Crippen LogP contribution in [0.1, 0.15) is 19.3 Å². The van der Waals surface area contributed by atoms with Crippen LogP contribution in [0.25, 0.3) is 0 Å². The summed E-state index contributed by atoms with van der Waals surface area (Å²) >= 11 is 0. The minimum absolute atomic E-state index is 0.446. The normalized spacial score (nSPS) is 45.0. The molecule has 1 spiro atoms. The predicted octanol–water partition coefficient (Wildman–Crippen LogP) is 0.867. The summed E-state index contributed by atoms with van der Waals surface area (Å²) in [6, 6.07) is 0. The first-order chi connectivity index (χ1) is 5.33. The van der Waals surface area contributed by atoms with Crippen LogP contribution in [-0.2, 0) is 4.74 Å². The largest absolute Gasteiger partial charge is 0.371 e. The van der Waals surface area contributed by atoms with Crippen LogP contribution < -0.4 is 5.32 Å². The highest BCUT2D eigenvalue weighted by atomic mass is 19.1. The van der Waals surface area contributed by atoms with E-state index in [0.29, 0.717) is 13.0 Å². The van der Waals surface area contributed by atoms with Crippen molar-refractivity contribution in [2.24, 2.45) is 0 Å². The second-order valence-corrected chi connectivity index (χ2v) is 3.45. The van der Waals surface area contributed by atoms with E-state index in [1.54, 1.807) is 0 Å². The van der Waals surface area contributed by atoms with Crippen LogP contribution in [0.2, 0.25) is 0 Å². The van der Waals surface area contributed by atoms with Crippen molar-refractivity contribution in [3.63, 3.8) is 0 Å². The van der Waals surface area contributed by atoms with E-state index >= 15 is 0 Å². The molecule has 2 rings (SSSR count). The minimum Gasteiger partial charge on any atom is -0.371 e. The van der Waals surface area contributed by atoms with Gasteiger partial charge < -0.3 is 10.1 Å². The fraction of sp³-hybridized carbons (Fsp3) is 1.00. The monoisotopic (exact) mass is 159 g/mol. The molecule has 11 heavy (non-hydrogen) atoms. The molecule has 2 nitrogen and oxygen atoms in total. The van der Waals surface area contributed by atoms with Crippen LogP contribution in [0.15, 0.2) is 0 Å². The molecule has 2 unspecified atom stereocenters. The summed E-state index contributed by atoms with van der Waals surface area (Å²) < 4.78 is 18.9. The number of alkyl halides is 1. The van der Waals surface area contributed by atoms with Gasteiger partial charge in [0.25, 0.3) is 0 Å². The number of hydrogen-bond acceptors (Lipinski definition) is 2. The molecule has 3 heteroatoms. The first kappa shape index (κ1) is 7.50. The lowest BCUT2D eigenvalue weighted by Crippen LogP contribution is -2.47. The zero-order chi connectivity index (χ0) is 7.73. The molecule has 64 valence electrons. The molecule has 2 fully saturated rings. The summed E-state index contributed by atoms with van der Waals surface area (Å²) in [6.45, 7) is 2.34. The fourth-order valence-electron chi connectivity index (χ4n) is 1.97. The Morgan fingerprint density at radius 1 is 1.55 bits per heavy atom. The lowest BCUT2D eigenvalue weighted by molar-refractivity contribution is -0.114. The van der Waals surface area contributed by atoms with E-state index in [9.17, 15) is 4.39 Å². The molecule has 2 aliphatic heterocycles. The van der Waals surface area contributed by atoms with E-state index in [0.717, 1.165) is 26.0 Å². The molecular weight excluding hydrogens is 145 g/mol. The number of ether oxygens (including phenoxy) is 1. The van der Waals surface area contributed by atoms with Crippen molar-refractivity contribution >= 4 is 0 Å². The van der Waals surface area contributed by atoms with Crippen LogP contribution in [0.5, 0.6) is 0 Å². The molecule has 0 aliphatic carbocycles. The average Bonchev–Trinajstić information content (AvgIpc) is 2.46. The van der Waals surface area contributed by atoms with Crippen LogP contribution in [0, 0.1) is 0 Å². The van der Waals surface area contributed by atoms with E-state index in [1.165, 1.54) is 0 Å². The number of rotatable bonds is 0. The molecule has 0 amide bonds. The minimum atomic E-state index is -0.744. The Morgan fingerprint density at radius 3 is 3.09 bits per heavy atom. The smallest absolute Gasteiger partial charge is 0.130 e. The van der Waals surface area contributed by atoms with Gasteiger partial charge in [-0.25, -0.2) is 4.39 Å². The van der Waals surface area contributed by atoms with Crippen LogP contribution >= 0.6 is 0 Å². The summed E-state index contributed by atoms with van der Waals surface area (Å²) in [7, 11) is 0. The predicted molar refractivity (Wildman–Crippen MR) is 40.3 cm³/mol. The Morgan fingerprint density at radius 2 is 2.45 bits per heavy atom. The van der Waals surface area contributed by atoms with Crippen molar-refractivity contribution in [2.45, 2.75) is 31.0 Å². The first-order valence-electron chi connectivity index (χ1n) is 4.32. The third-order valence-corrected chi connectivity index (χ3v) is 2.71. The van der Waals surface area contributed by atoms with E-state index in [-0.39, 0.29) is 0 Å². The van der Waals surface area contributed by atoms with Gasteiger partial charge >= 0.3 is 0 Å².